The Kier molecular flexibility index (Phi) is 3.51. The molecular weight excluding hydrogens is 169 g/mol. The van der Waals surface area contributed by atoms with Gasteiger partial charge in [-0.1, -0.05) is 24.8 Å². The Hall–Kier alpha value is -1.30. The molecule has 1 rings (SSSR count). The number of hydrogen-bond donors (Lipinski definition) is 3. The minimum Gasteiger partial charge on any atom is -0.400 e. The Bertz CT molecular complexity index is 273. The van der Waals surface area contributed by atoms with Gasteiger partial charge in [-0.15, -0.1) is 0 Å². The first-order valence-corrected chi connectivity index (χ1v) is 3.72. The van der Waals surface area contributed by atoms with Crippen LogP contribution in [0.1, 0.15) is 5.56 Å². The lowest BCUT2D eigenvalue weighted by Crippen LogP contribution is -2.20. The first-order chi connectivity index (χ1) is 6.22. The molecule has 0 bridgehead atoms. The van der Waals surface area contributed by atoms with Gasteiger partial charge in [0, 0.05) is 0 Å². The van der Waals surface area contributed by atoms with Crippen molar-refractivity contribution in [3.05, 3.63) is 36.4 Å². The molecule has 0 unspecified atom stereocenters. The molecule has 4 nitrogen and oxygen atoms in total. The number of anilines is 1. The van der Waals surface area contributed by atoms with E-state index in [1.165, 1.54) is 0 Å². The molecule has 68 valence electrons. The smallest absolute Gasteiger partial charge is 0.400 e. The number of benzene rings is 1. The van der Waals surface area contributed by atoms with Gasteiger partial charge in [-0.05, 0) is 17.7 Å². The average Bonchev–Trinajstić information content (AvgIpc) is 2.15. The quantitative estimate of drug-likeness (QED) is 0.468. The van der Waals surface area contributed by atoms with Gasteiger partial charge in [0.1, 0.15) is 0 Å². The molecule has 13 heavy (non-hydrogen) atoms. The fraction of sp³-hybridized carbons (Fsp3) is 0. The van der Waals surface area contributed by atoms with E-state index in [9.17, 15) is 0 Å². The zero-order valence-corrected chi connectivity index (χ0v) is 6.97. The monoisotopic (exact) mass is 179 g/mol. The first-order valence-electron chi connectivity index (χ1n) is 3.72. The Morgan fingerprint density at radius 3 is 2.38 bits per heavy atom. The lowest BCUT2D eigenvalue weighted by molar-refractivity contribution is 0.226. The summed E-state index contributed by atoms with van der Waals surface area (Å²) < 4.78 is 4.34. The Morgan fingerprint density at radius 2 is 1.92 bits per heavy atom. The van der Waals surface area contributed by atoms with Crippen LogP contribution in [0.4, 0.5) is 5.69 Å². The summed E-state index contributed by atoms with van der Waals surface area (Å²) >= 11 is 0. The average molecular weight is 179 g/mol. The molecule has 5 heteroatoms. The van der Waals surface area contributed by atoms with Crippen molar-refractivity contribution in [2.75, 3.05) is 5.48 Å². The SMILES string of the molecule is C=Cc1ccc(NOB(O)O)cc1. The molecule has 3 N–H and O–H groups in total. The largest absolute Gasteiger partial charge is 0.656 e. The molecule has 0 saturated heterocycles. The third-order valence-corrected chi connectivity index (χ3v) is 1.43. The van der Waals surface area contributed by atoms with Gasteiger partial charge in [0.2, 0.25) is 0 Å². The van der Waals surface area contributed by atoms with Crippen molar-refractivity contribution in [3.63, 3.8) is 0 Å². The Morgan fingerprint density at radius 1 is 1.31 bits per heavy atom. The number of rotatable bonds is 4. The van der Waals surface area contributed by atoms with E-state index in [-0.39, 0.29) is 0 Å². The van der Waals surface area contributed by atoms with Gasteiger partial charge in [-0.25, -0.2) is 0 Å². The van der Waals surface area contributed by atoms with Crippen molar-refractivity contribution < 1.29 is 14.8 Å². The third kappa shape index (κ3) is 3.29. The maximum Gasteiger partial charge on any atom is 0.656 e. The summed E-state index contributed by atoms with van der Waals surface area (Å²) in [6.45, 7) is 3.60. The predicted octanol–water partition coefficient (Wildman–Crippen LogP) is 0.643. The standard InChI is InChI=1S/C8H10BNO3/c1-2-7-3-5-8(6-4-7)10-13-9(11)12/h2-6,10-12H,1H2. The van der Waals surface area contributed by atoms with Crippen molar-refractivity contribution in [3.8, 4) is 0 Å². The molecular formula is C8H10BNO3. The molecule has 0 fully saturated rings. The lowest BCUT2D eigenvalue weighted by atomic mass is 10.2. The van der Waals surface area contributed by atoms with Crippen molar-refractivity contribution in [1.82, 2.24) is 0 Å². The number of nitrogens with one attached hydrogen (secondary N) is 1. The van der Waals surface area contributed by atoms with Gasteiger partial charge < -0.3 is 10.0 Å². The van der Waals surface area contributed by atoms with Gasteiger partial charge >= 0.3 is 7.32 Å². The van der Waals surface area contributed by atoms with E-state index < -0.39 is 7.32 Å². The van der Waals surface area contributed by atoms with Crippen LogP contribution in [0.25, 0.3) is 6.08 Å². The van der Waals surface area contributed by atoms with Crippen molar-refractivity contribution >= 4 is 19.1 Å². The van der Waals surface area contributed by atoms with Crippen LogP contribution in [0.2, 0.25) is 0 Å². The first kappa shape index (κ1) is 9.79. The van der Waals surface area contributed by atoms with Gasteiger partial charge in [0.25, 0.3) is 0 Å². The fourth-order valence-electron chi connectivity index (χ4n) is 0.808. The summed E-state index contributed by atoms with van der Waals surface area (Å²) in [7, 11) is -1.82. The maximum absolute atomic E-state index is 8.37. The third-order valence-electron chi connectivity index (χ3n) is 1.43. The predicted molar refractivity (Wildman–Crippen MR) is 51.4 cm³/mol. The molecule has 0 heterocycles. The molecule has 0 aromatic heterocycles. The highest BCUT2D eigenvalue weighted by atomic mass is 16.7. The maximum atomic E-state index is 8.37. The van der Waals surface area contributed by atoms with E-state index in [2.05, 4.69) is 16.8 Å². The van der Waals surface area contributed by atoms with Crippen molar-refractivity contribution in [2.24, 2.45) is 0 Å². The van der Waals surface area contributed by atoms with E-state index in [0.717, 1.165) is 5.56 Å². The second-order valence-corrected chi connectivity index (χ2v) is 2.37. The van der Waals surface area contributed by atoms with E-state index in [1.54, 1.807) is 18.2 Å². The highest BCUT2D eigenvalue weighted by Gasteiger charge is 2.07. The minimum atomic E-state index is -1.82. The van der Waals surface area contributed by atoms with Crippen LogP contribution >= 0.6 is 0 Å². The fourth-order valence-corrected chi connectivity index (χ4v) is 0.808. The molecule has 0 saturated carbocycles. The van der Waals surface area contributed by atoms with Crippen molar-refractivity contribution in [1.29, 1.82) is 0 Å². The normalized spacial score (nSPS) is 9.38. The van der Waals surface area contributed by atoms with Crippen LogP contribution in [-0.2, 0) is 4.76 Å². The van der Waals surface area contributed by atoms with Crippen LogP contribution in [0, 0.1) is 0 Å². The highest BCUT2D eigenvalue weighted by molar-refractivity contribution is 6.32. The van der Waals surface area contributed by atoms with Gasteiger partial charge in [-0.2, -0.15) is 0 Å². The lowest BCUT2D eigenvalue weighted by Gasteiger charge is -2.05. The summed E-state index contributed by atoms with van der Waals surface area (Å²) in [6.07, 6.45) is 1.71. The molecule has 0 aliphatic rings. The number of hydrogen-bond acceptors (Lipinski definition) is 4. The van der Waals surface area contributed by atoms with Crippen LogP contribution in [-0.4, -0.2) is 17.4 Å². The molecule has 1 aromatic rings. The highest BCUT2D eigenvalue weighted by Crippen LogP contribution is 2.09. The topological polar surface area (TPSA) is 61.7 Å². The van der Waals surface area contributed by atoms with Gasteiger partial charge in [-0.3, -0.25) is 10.2 Å². The summed E-state index contributed by atoms with van der Waals surface area (Å²) in [5, 5.41) is 16.7. The zero-order chi connectivity index (χ0) is 9.68. The van der Waals surface area contributed by atoms with E-state index in [4.69, 9.17) is 10.0 Å². The van der Waals surface area contributed by atoms with E-state index in [1.807, 2.05) is 12.1 Å². The molecule has 0 atom stereocenters. The molecule has 0 spiro atoms. The molecule has 0 amide bonds. The minimum absolute atomic E-state index is 0.638. The molecule has 1 aromatic carbocycles. The van der Waals surface area contributed by atoms with Crippen LogP contribution < -0.4 is 5.48 Å². The van der Waals surface area contributed by atoms with Crippen LogP contribution in [0.3, 0.4) is 0 Å². The molecule has 0 aliphatic heterocycles. The molecule has 0 radical (unpaired) electrons. The Labute approximate surface area is 76.6 Å². The molecule has 0 aliphatic carbocycles. The Balaban J connectivity index is 2.54. The summed E-state index contributed by atoms with van der Waals surface area (Å²) in [5.74, 6) is 0. The summed E-state index contributed by atoms with van der Waals surface area (Å²) in [5.41, 5.74) is 3.98. The van der Waals surface area contributed by atoms with E-state index >= 15 is 0 Å². The van der Waals surface area contributed by atoms with Gasteiger partial charge in [0.15, 0.2) is 0 Å². The van der Waals surface area contributed by atoms with Gasteiger partial charge in [0.05, 0.1) is 5.69 Å². The summed E-state index contributed by atoms with van der Waals surface area (Å²) in [6, 6.07) is 7.11. The van der Waals surface area contributed by atoms with Crippen LogP contribution in [0.5, 0.6) is 0 Å². The second kappa shape index (κ2) is 4.66. The zero-order valence-electron chi connectivity index (χ0n) is 6.97. The van der Waals surface area contributed by atoms with Crippen molar-refractivity contribution in [2.45, 2.75) is 0 Å². The summed E-state index contributed by atoms with van der Waals surface area (Å²) in [4.78, 5) is 0. The van der Waals surface area contributed by atoms with Crippen LogP contribution in [0.15, 0.2) is 30.8 Å². The van der Waals surface area contributed by atoms with E-state index in [0.29, 0.717) is 5.69 Å². The second-order valence-electron chi connectivity index (χ2n) is 2.37.